The van der Waals surface area contributed by atoms with Crippen LogP contribution in [0.1, 0.15) is 0 Å². The molecule has 1 nitrogen and oxygen atoms in total. The molecular formula is C11H5Cl3FN. The maximum atomic E-state index is 13.6. The molecule has 2 rings (SSSR count). The van der Waals surface area contributed by atoms with Gasteiger partial charge in [-0.15, -0.1) is 0 Å². The van der Waals surface area contributed by atoms with Gasteiger partial charge in [0.25, 0.3) is 0 Å². The Kier molecular flexibility index (Phi) is 3.33. The largest absolute Gasteiger partial charge is 0.260 e. The van der Waals surface area contributed by atoms with Crippen molar-refractivity contribution in [3.05, 3.63) is 51.5 Å². The molecule has 0 aliphatic rings. The number of halogens is 4. The van der Waals surface area contributed by atoms with Crippen LogP contribution in [0.3, 0.4) is 0 Å². The molecule has 0 N–H and O–H groups in total. The van der Waals surface area contributed by atoms with Crippen LogP contribution in [0, 0.1) is 5.82 Å². The Morgan fingerprint density at radius 2 is 1.75 bits per heavy atom. The van der Waals surface area contributed by atoms with Crippen molar-refractivity contribution < 1.29 is 4.39 Å². The van der Waals surface area contributed by atoms with Gasteiger partial charge in [-0.3, -0.25) is 4.98 Å². The fourth-order valence-corrected chi connectivity index (χ4v) is 1.99. The first kappa shape index (κ1) is 11.6. The molecule has 0 atom stereocenters. The van der Waals surface area contributed by atoms with Crippen LogP contribution in [0.5, 0.6) is 0 Å². The number of aromatic nitrogens is 1. The number of pyridine rings is 1. The van der Waals surface area contributed by atoms with Crippen molar-refractivity contribution in [2.75, 3.05) is 0 Å². The molecule has 1 aromatic heterocycles. The van der Waals surface area contributed by atoms with Gasteiger partial charge in [-0.05, 0) is 18.2 Å². The Labute approximate surface area is 107 Å². The van der Waals surface area contributed by atoms with Crippen LogP contribution in [0.25, 0.3) is 11.1 Å². The summed E-state index contributed by atoms with van der Waals surface area (Å²) in [6.07, 6.45) is 2.44. The van der Waals surface area contributed by atoms with Crippen LogP contribution in [-0.4, -0.2) is 4.98 Å². The van der Waals surface area contributed by atoms with Gasteiger partial charge in [-0.25, -0.2) is 4.39 Å². The second-order valence-corrected chi connectivity index (χ2v) is 4.35. The second kappa shape index (κ2) is 4.58. The topological polar surface area (TPSA) is 12.9 Å². The van der Waals surface area contributed by atoms with E-state index >= 15 is 0 Å². The maximum Gasteiger partial charge on any atom is 0.150 e. The molecule has 0 unspecified atom stereocenters. The summed E-state index contributed by atoms with van der Waals surface area (Å²) >= 11 is 17.7. The first-order valence-corrected chi connectivity index (χ1v) is 5.47. The van der Waals surface area contributed by atoms with E-state index < -0.39 is 5.82 Å². The number of benzene rings is 1. The molecule has 5 heteroatoms. The van der Waals surface area contributed by atoms with E-state index in [0.717, 1.165) is 6.20 Å². The highest BCUT2D eigenvalue weighted by Crippen LogP contribution is 2.36. The van der Waals surface area contributed by atoms with Crippen molar-refractivity contribution in [2.45, 2.75) is 0 Å². The van der Waals surface area contributed by atoms with Crippen molar-refractivity contribution >= 4 is 34.8 Å². The number of hydrogen-bond donors (Lipinski definition) is 0. The molecule has 0 saturated heterocycles. The predicted molar refractivity (Wildman–Crippen MR) is 64.7 cm³/mol. The zero-order valence-corrected chi connectivity index (χ0v) is 10.1. The lowest BCUT2D eigenvalue weighted by molar-refractivity contribution is 0.625. The van der Waals surface area contributed by atoms with Crippen LogP contribution in [0.4, 0.5) is 4.39 Å². The normalized spacial score (nSPS) is 10.5. The number of rotatable bonds is 1. The Balaban J connectivity index is 2.72. The zero-order chi connectivity index (χ0) is 11.7. The van der Waals surface area contributed by atoms with Crippen molar-refractivity contribution in [1.29, 1.82) is 0 Å². The summed E-state index contributed by atoms with van der Waals surface area (Å²) in [6.45, 7) is 0. The van der Waals surface area contributed by atoms with E-state index in [9.17, 15) is 4.39 Å². The van der Waals surface area contributed by atoms with Crippen LogP contribution in [0.15, 0.2) is 30.6 Å². The van der Waals surface area contributed by atoms with Gasteiger partial charge in [0.05, 0.1) is 11.2 Å². The molecule has 0 saturated carbocycles. The molecule has 2 aromatic rings. The van der Waals surface area contributed by atoms with Gasteiger partial charge in [0.2, 0.25) is 0 Å². The lowest BCUT2D eigenvalue weighted by Gasteiger charge is -2.07. The van der Waals surface area contributed by atoms with Crippen molar-refractivity contribution in [1.82, 2.24) is 4.98 Å². The first-order valence-electron chi connectivity index (χ1n) is 4.34. The molecule has 0 aliphatic heterocycles. The summed E-state index contributed by atoms with van der Waals surface area (Å²) in [5.74, 6) is -0.531. The van der Waals surface area contributed by atoms with Crippen LogP contribution in [0.2, 0.25) is 15.1 Å². The average molecular weight is 277 g/mol. The third kappa shape index (κ3) is 2.14. The summed E-state index contributed by atoms with van der Waals surface area (Å²) in [4.78, 5) is 3.64. The zero-order valence-electron chi connectivity index (χ0n) is 7.85. The van der Waals surface area contributed by atoms with E-state index in [2.05, 4.69) is 4.98 Å². The molecule has 16 heavy (non-hydrogen) atoms. The molecule has 0 fully saturated rings. The molecule has 82 valence electrons. The predicted octanol–water partition coefficient (Wildman–Crippen LogP) is 4.85. The highest BCUT2D eigenvalue weighted by molar-refractivity contribution is 6.37. The third-order valence-corrected chi connectivity index (χ3v) is 2.90. The number of nitrogens with zero attached hydrogens (tertiary/aromatic N) is 1. The van der Waals surface area contributed by atoms with Crippen LogP contribution < -0.4 is 0 Å². The quantitative estimate of drug-likeness (QED) is 0.725. The monoisotopic (exact) mass is 275 g/mol. The second-order valence-electron chi connectivity index (χ2n) is 3.10. The van der Waals surface area contributed by atoms with E-state index in [1.54, 1.807) is 18.2 Å². The lowest BCUT2D eigenvalue weighted by atomic mass is 10.1. The SMILES string of the molecule is Fc1cncc(Cl)c1-c1cc(Cl)ccc1Cl. The van der Waals surface area contributed by atoms with E-state index in [1.165, 1.54) is 6.20 Å². The Hall–Kier alpha value is -0.830. The summed E-state index contributed by atoms with van der Waals surface area (Å²) in [7, 11) is 0. The highest BCUT2D eigenvalue weighted by atomic mass is 35.5. The summed E-state index contributed by atoms with van der Waals surface area (Å²) in [6, 6.07) is 4.78. The van der Waals surface area contributed by atoms with E-state index in [4.69, 9.17) is 34.8 Å². The molecule has 0 spiro atoms. The molecule has 0 aliphatic carbocycles. The van der Waals surface area contributed by atoms with Gasteiger partial charge in [-0.1, -0.05) is 34.8 Å². The van der Waals surface area contributed by atoms with Crippen LogP contribution in [-0.2, 0) is 0 Å². The highest BCUT2D eigenvalue weighted by Gasteiger charge is 2.13. The molecule has 1 heterocycles. The minimum atomic E-state index is -0.531. The van der Waals surface area contributed by atoms with Crippen LogP contribution >= 0.6 is 34.8 Å². The summed E-state index contributed by atoms with van der Waals surface area (Å²) < 4.78 is 13.6. The standard InChI is InChI=1S/C11H5Cl3FN/c12-6-1-2-8(13)7(3-6)11-9(14)4-16-5-10(11)15/h1-5H. The smallest absolute Gasteiger partial charge is 0.150 e. The van der Waals surface area contributed by atoms with Crippen molar-refractivity contribution in [3.63, 3.8) is 0 Å². The minimum absolute atomic E-state index is 0.198. The van der Waals surface area contributed by atoms with Gasteiger partial charge in [0.15, 0.2) is 5.82 Å². The molecule has 0 radical (unpaired) electrons. The summed E-state index contributed by atoms with van der Waals surface area (Å²) in [5.41, 5.74) is 0.670. The van der Waals surface area contributed by atoms with Gasteiger partial charge in [0, 0.05) is 27.4 Å². The van der Waals surface area contributed by atoms with Crippen molar-refractivity contribution in [3.8, 4) is 11.1 Å². The molecule has 0 amide bonds. The van der Waals surface area contributed by atoms with E-state index in [0.29, 0.717) is 15.6 Å². The van der Waals surface area contributed by atoms with Gasteiger partial charge in [0.1, 0.15) is 0 Å². The summed E-state index contributed by atoms with van der Waals surface area (Å²) in [5, 5.41) is 1.05. The Morgan fingerprint density at radius 1 is 1.00 bits per heavy atom. The van der Waals surface area contributed by atoms with E-state index in [1.807, 2.05) is 0 Å². The van der Waals surface area contributed by atoms with Crippen molar-refractivity contribution in [2.24, 2.45) is 0 Å². The fraction of sp³-hybridized carbons (Fsp3) is 0. The third-order valence-electron chi connectivity index (χ3n) is 2.05. The average Bonchev–Trinajstić information content (AvgIpc) is 2.23. The molecular weight excluding hydrogens is 271 g/mol. The Bertz CT molecular complexity index is 522. The van der Waals surface area contributed by atoms with E-state index in [-0.39, 0.29) is 10.6 Å². The molecule has 1 aromatic carbocycles. The first-order chi connectivity index (χ1) is 7.59. The lowest BCUT2D eigenvalue weighted by Crippen LogP contribution is -1.89. The minimum Gasteiger partial charge on any atom is -0.260 e. The van der Waals surface area contributed by atoms with Gasteiger partial charge < -0.3 is 0 Å². The molecule has 0 bridgehead atoms. The maximum absolute atomic E-state index is 13.6. The fourth-order valence-electron chi connectivity index (χ4n) is 1.36. The van der Waals surface area contributed by atoms with Gasteiger partial charge >= 0.3 is 0 Å². The van der Waals surface area contributed by atoms with Gasteiger partial charge in [-0.2, -0.15) is 0 Å². The number of hydrogen-bond acceptors (Lipinski definition) is 1. The Morgan fingerprint density at radius 3 is 2.44 bits per heavy atom.